The Kier molecular flexibility index (Phi) is 5.80. The number of halogens is 1. The van der Waals surface area contributed by atoms with Gasteiger partial charge >= 0.3 is 0 Å². The highest BCUT2D eigenvalue weighted by Gasteiger charge is 2.16. The van der Waals surface area contributed by atoms with Crippen LogP contribution in [0, 0.1) is 6.92 Å². The molecule has 0 aliphatic rings. The highest BCUT2D eigenvalue weighted by atomic mass is 79.9. The molecular formula is C17H17BrN2O3S. The number of rotatable bonds is 6. The molecule has 1 amide bonds. The molecule has 5 nitrogen and oxygen atoms in total. The SMILES string of the molecule is C=C(Br)CNC(=O)c1cccc(S(=O)(=O)Nc2ccc(C)cc2)c1. The minimum Gasteiger partial charge on any atom is -0.347 e. The van der Waals surface area contributed by atoms with Crippen molar-refractivity contribution in [1.29, 1.82) is 0 Å². The molecular weight excluding hydrogens is 392 g/mol. The summed E-state index contributed by atoms with van der Waals surface area (Å²) in [5.41, 5.74) is 1.76. The standard InChI is InChI=1S/C17H17BrN2O3S/c1-12-6-8-15(9-7-12)20-24(22,23)16-5-3-4-14(10-16)17(21)19-11-13(2)18/h3-10,20H,2,11H2,1H3,(H,19,21). The molecule has 0 fully saturated rings. The van der Waals surface area contributed by atoms with Gasteiger partial charge < -0.3 is 5.32 Å². The van der Waals surface area contributed by atoms with Crippen molar-refractivity contribution in [3.63, 3.8) is 0 Å². The molecule has 0 unspecified atom stereocenters. The van der Waals surface area contributed by atoms with E-state index in [1.165, 1.54) is 18.2 Å². The van der Waals surface area contributed by atoms with Crippen molar-refractivity contribution in [3.05, 3.63) is 70.7 Å². The van der Waals surface area contributed by atoms with Gasteiger partial charge in [0.1, 0.15) is 0 Å². The summed E-state index contributed by atoms with van der Waals surface area (Å²) in [6.07, 6.45) is 0. The molecule has 0 heterocycles. The van der Waals surface area contributed by atoms with E-state index in [0.29, 0.717) is 10.2 Å². The van der Waals surface area contributed by atoms with Crippen molar-refractivity contribution in [3.8, 4) is 0 Å². The number of nitrogens with one attached hydrogen (secondary N) is 2. The quantitative estimate of drug-likeness (QED) is 0.768. The maximum Gasteiger partial charge on any atom is 0.261 e. The molecule has 0 saturated carbocycles. The normalized spacial score (nSPS) is 10.9. The second-order valence-electron chi connectivity index (χ2n) is 5.20. The van der Waals surface area contributed by atoms with E-state index in [2.05, 4.69) is 32.5 Å². The van der Waals surface area contributed by atoms with Crippen molar-refractivity contribution in [2.45, 2.75) is 11.8 Å². The van der Waals surface area contributed by atoms with E-state index < -0.39 is 10.0 Å². The molecule has 2 aromatic carbocycles. The van der Waals surface area contributed by atoms with E-state index in [0.717, 1.165) is 5.56 Å². The van der Waals surface area contributed by atoms with Crippen LogP contribution in [0.4, 0.5) is 5.69 Å². The predicted molar refractivity (Wildman–Crippen MR) is 98.8 cm³/mol. The summed E-state index contributed by atoms with van der Waals surface area (Å²) in [6.45, 7) is 5.81. The van der Waals surface area contributed by atoms with Gasteiger partial charge in [-0.3, -0.25) is 9.52 Å². The van der Waals surface area contributed by atoms with Crippen LogP contribution in [-0.4, -0.2) is 20.9 Å². The van der Waals surface area contributed by atoms with Crippen LogP contribution in [0.3, 0.4) is 0 Å². The lowest BCUT2D eigenvalue weighted by Gasteiger charge is -2.10. The molecule has 0 aromatic heterocycles. The van der Waals surface area contributed by atoms with Gasteiger partial charge in [0, 0.05) is 22.3 Å². The Morgan fingerprint density at radius 3 is 2.46 bits per heavy atom. The first-order valence-corrected chi connectivity index (χ1v) is 9.36. The zero-order chi connectivity index (χ0) is 17.7. The van der Waals surface area contributed by atoms with E-state index in [1.54, 1.807) is 18.2 Å². The second-order valence-corrected chi connectivity index (χ2v) is 8.00. The Hall–Kier alpha value is -2.12. The minimum absolute atomic E-state index is 0.0217. The Morgan fingerprint density at radius 1 is 1.17 bits per heavy atom. The number of carbonyl (C=O) groups is 1. The number of sulfonamides is 1. The van der Waals surface area contributed by atoms with Crippen molar-refractivity contribution < 1.29 is 13.2 Å². The third-order valence-electron chi connectivity index (χ3n) is 3.15. The van der Waals surface area contributed by atoms with Gasteiger partial charge in [0.2, 0.25) is 0 Å². The summed E-state index contributed by atoms with van der Waals surface area (Å²) in [4.78, 5) is 12.1. The zero-order valence-corrected chi connectivity index (χ0v) is 15.4. The fourth-order valence-electron chi connectivity index (χ4n) is 1.92. The summed E-state index contributed by atoms with van der Waals surface area (Å²) in [5, 5.41) is 2.63. The van der Waals surface area contributed by atoms with E-state index in [4.69, 9.17) is 0 Å². The molecule has 7 heteroatoms. The Bertz CT molecular complexity index is 862. The molecule has 0 aliphatic heterocycles. The Morgan fingerprint density at radius 2 is 1.83 bits per heavy atom. The summed E-state index contributed by atoms with van der Waals surface area (Å²) in [6, 6.07) is 12.9. The van der Waals surface area contributed by atoms with Gasteiger partial charge in [0.15, 0.2) is 0 Å². The van der Waals surface area contributed by atoms with Crippen LogP contribution in [0.25, 0.3) is 0 Å². The van der Waals surface area contributed by atoms with Crippen LogP contribution in [0.1, 0.15) is 15.9 Å². The summed E-state index contributed by atoms with van der Waals surface area (Å²) in [7, 11) is -3.77. The molecule has 0 atom stereocenters. The first-order chi connectivity index (χ1) is 11.3. The van der Waals surface area contributed by atoms with Crippen LogP contribution in [0.15, 0.2) is 64.5 Å². The molecule has 2 rings (SSSR count). The van der Waals surface area contributed by atoms with Crippen LogP contribution < -0.4 is 10.0 Å². The highest BCUT2D eigenvalue weighted by molar-refractivity contribution is 9.11. The van der Waals surface area contributed by atoms with Crippen molar-refractivity contribution in [2.24, 2.45) is 0 Å². The lowest BCUT2D eigenvalue weighted by Crippen LogP contribution is -2.24. The third kappa shape index (κ3) is 4.94. The number of carbonyl (C=O) groups excluding carboxylic acids is 1. The van der Waals surface area contributed by atoms with Gasteiger partial charge in [0.25, 0.3) is 15.9 Å². The van der Waals surface area contributed by atoms with Gasteiger partial charge in [-0.1, -0.05) is 46.3 Å². The number of aryl methyl sites for hydroxylation is 1. The van der Waals surface area contributed by atoms with E-state index >= 15 is 0 Å². The summed E-state index contributed by atoms with van der Waals surface area (Å²) < 4.78 is 28.0. The van der Waals surface area contributed by atoms with Gasteiger partial charge in [-0.15, -0.1) is 0 Å². The maximum atomic E-state index is 12.5. The molecule has 0 radical (unpaired) electrons. The second kappa shape index (κ2) is 7.63. The minimum atomic E-state index is -3.77. The summed E-state index contributed by atoms with van der Waals surface area (Å²) >= 11 is 3.15. The van der Waals surface area contributed by atoms with E-state index in [9.17, 15) is 13.2 Å². The molecule has 0 aliphatic carbocycles. The Labute approximate surface area is 150 Å². The number of amides is 1. The number of hydrogen-bond donors (Lipinski definition) is 2. The average molecular weight is 409 g/mol. The third-order valence-corrected chi connectivity index (χ3v) is 4.81. The average Bonchev–Trinajstić information content (AvgIpc) is 2.54. The van der Waals surface area contributed by atoms with Gasteiger partial charge in [0.05, 0.1) is 4.90 Å². The van der Waals surface area contributed by atoms with Crippen LogP contribution in [0.2, 0.25) is 0 Å². The Balaban J connectivity index is 2.21. The first kappa shape index (κ1) is 18.2. The molecule has 0 spiro atoms. The molecule has 0 bridgehead atoms. The lowest BCUT2D eigenvalue weighted by molar-refractivity contribution is 0.0957. The first-order valence-electron chi connectivity index (χ1n) is 7.09. The van der Waals surface area contributed by atoms with Crippen LogP contribution in [-0.2, 0) is 10.0 Å². The summed E-state index contributed by atoms with van der Waals surface area (Å²) in [5.74, 6) is -0.372. The van der Waals surface area contributed by atoms with Crippen molar-refractivity contribution in [2.75, 3.05) is 11.3 Å². The van der Waals surface area contributed by atoms with Gasteiger partial charge in [-0.2, -0.15) is 0 Å². The molecule has 126 valence electrons. The van der Waals surface area contributed by atoms with E-state index in [-0.39, 0.29) is 22.9 Å². The van der Waals surface area contributed by atoms with Gasteiger partial charge in [-0.25, -0.2) is 8.42 Å². The lowest BCUT2D eigenvalue weighted by atomic mass is 10.2. The fraction of sp³-hybridized carbons (Fsp3) is 0.118. The zero-order valence-electron chi connectivity index (χ0n) is 13.0. The molecule has 24 heavy (non-hydrogen) atoms. The number of hydrogen-bond acceptors (Lipinski definition) is 3. The van der Waals surface area contributed by atoms with Gasteiger partial charge in [-0.05, 0) is 37.3 Å². The van der Waals surface area contributed by atoms with Crippen molar-refractivity contribution in [1.82, 2.24) is 5.32 Å². The monoisotopic (exact) mass is 408 g/mol. The fourth-order valence-corrected chi connectivity index (χ4v) is 3.16. The topological polar surface area (TPSA) is 75.3 Å². The predicted octanol–water partition coefficient (Wildman–Crippen LogP) is 3.43. The smallest absolute Gasteiger partial charge is 0.261 e. The number of benzene rings is 2. The number of anilines is 1. The molecule has 2 N–H and O–H groups in total. The molecule has 2 aromatic rings. The maximum absolute atomic E-state index is 12.5. The van der Waals surface area contributed by atoms with E-state index in [1.807, 2.05) is 19.1 Å². The molecule has 0 saturated heterocycles. The highest BCUT2D eigenvalue weighted by Crippen LogP contribution is 2.17. The largest absolute Gasteiger partial charge is 0.347 e. The van der Waals surface area contributed by atoms with Crippen molar-refractivity contribution >= 4 is 37.5 Å². The van der Waals surface area contributed by atoms with Crippen LogP contribution >= 0.6 is 15.9 Å². The van der Waals surface area contributed by atoms with Crippen LogP contribution in [0.5, 0.6) is 0 Å².